The topological polar surface area (TPSA) is 67.8 Å². The Morgan fingerprint density at radius 2 is 1.79 bits per heavy atom. The van der Waals surface area contributed by atoms with E-state index >= 15 is 0 Å². The minimum Gasteiger partial charge on any atom is -0.480 e. The number of carboxylic acid groups (broad SMARTS) is 1. The predicted octanol–water partition coefficient (Wildman–Crippen LogP) is 2.05. The van der Waals surface area contributed by atoms with E-state index in [2.05, 4.69) is 5.32 Å². The highest BCUT2D eigenvalue weighted by Crippen LogP contribution is 2.12. The van der Waals surface area contributed by atoms with Crippen molar-refractivity contribution in [1.29, 1.82) is 0 Å². The zero-order valence-corrected chi connectivity index (χ0v) is 12.9. The van der Waals surface area contributed by atoms with Crippen molar-refractivity contribution in [2.24, 2.45) is 0 Å². The van der Waals surface area contributed by atoms with Crippen LogP contribution in [0.15, 0.2) is 0 Å². The van der Waals surface area contributed by atoms with Crippen molar-refractivity contribution < 1.29 is 19.4 Å². The third kappa shape index (κ3) is 8.97. The summed E-state index contributed by atoms with van der Waals surface area (Å²) < 4.78 is 11.0. The molecule has 0 fully saturated rings. The average molecular weight is 275 g/mol. The molecule has 1 unspecified atom stereocenters. The van der Waals surface area contributed by atoms with Crippen LogP contribution in [0.4, 0.5) is 0 Å². The van der Waals surface area contributed by atoms with Gasteiger partial charge in [0.25, 0.3) is 0 Å². The van der Waals surface area contributed by atoms with Gasteiger partial charge in [-0.25, -0.2) is 0 Å². The van der Waals surface area contributed by atoms with Gasteiger partial charge >= 0.3 is 5.97 Å². The van der Waals surface area contributed by atoms with Crippen molar-refractivity contribution in [2.45, 2.75) is 58.6 Å². The molecule has 0 saturated carbocycles. The molecule has 5 nitrogen and oxygen atoms in total. The molecule has 0 aliphatic rings. The second kappa shape index (κ2) is 8.51. The second-order valence-corrected chi connectivity index (χ2v) is 5.84. The SMILES string of the molecule is CCNC(C)(CCCOCCOC(C)(C)C)C(=O)O. The summed E-state index contributed by atoms with van der Waals surface area (Å²) in [5.41, 5.74) is -1.00. The summed E-state index contributed by atoms with van der Waals surface area (Å²) in [7, 11) is 0. The molecular weight excluding hydrogens is 246 g/mol. The van der Waals surface area contributed by atoms with Gasteiger partial charge in [0.1, 0.15) is 5.54 Å². The lowest BCUT2D eigenvalue weighted by molar-refractivity contribution is -0.144. The first-order chi connectivity index (χ1) is 8.71. The first kappa shape index (κ1) is 18.4. The number of aliphatic carboxylic acids is 1. The molecule has 0 aromatic heterocycles. The molecule has 0 spiro atoms. The summed E-state index contributed by atoms with van der Waals surface area (Å²) >= 11 is 0. The number of hydrogen-bond acceptors (Lipinski definition) is 4. The number of nitrogens with one attached hydrogen (secondary N) is 1. The lowest BCUT2D eigenvalue weighted by Gasteiger charge is -2.25. The van der Waals surface area contributed by atoms with Crippen LogP contribution in [0.25, 0.3) is 0 Å². The summed E-state index contributed by atoms with van der Waals surface area (Å²) in [6.07, 6.45) is 1.27. The van der Waals surface area contributed by atoms with E-state index in [1.807, 2.05) is 27.7 Å². The molecule has 0 bridgehead atoms. The highest BCUT2D eigenvalue weighted by molar-refractivity contribution is 5.78. The van der Waals surface area contributed by atoms with Gasteiger partial charge in [-0.3, -0.25) is 4.79 Å². The summed E-state index contributed by atoms with van der Waals surface area (Å²) in [6, 6.07) is 0. The zero-order valence-electron chi connectivity index (χ0n) is 12.9. The van der Waals surface area contributed by atoms with Gasteiger partial charge in [0.15, 0.2) is 0 Å². The Morgan fingerprint density at radius 3 is 2.26 bits per heavy atom. The lowest BCUT2D eigenvalue weighted by atomic mass is 9.96. The number of ether oxygens (including phenoxy) is 2. The molecule has 5 heteroatoms. The molecule has 0 aromatic rings. The van der Waals surface area contributed by atoms with Crippen molar-refractivity contribution in [3.8, 4) is 0 Å². The Morgan fingerprint density at radius 1 is 1.16 bits per heavy atom. The molecule has 0 radical (unpaired) electrons. The van der Waals surface area contributed by atoms with E-state index in [1.165, 1.54) is 0 Å². The van der Waals surface area contributed by atoms with Crippen molar-refractivity contribution in [2.75, 3.05) is 26.4 Å². The number of carboxylic acids is 1. The van der Waals surface area contributed by atoms with Crippen molar-refractivity contribution >= 4 is 5.97 Å². The molecule has 0 aliphatic carbocycles. The number of likely N-dealkylation sites (N-methyl/N-ethyl adjacent to an activating group) is 1. The Labute approximate surface area is 116 Å². The quantitative estimate of drug-likeness (QED) is 0.597. The summed E-state index contributed by atoms with van der Waals surface area (Å²) in [4.78, 5) is 11.2. The standard InChI is InChI=1S/C14H29NO4/c1-6-15-14(5,12(16)17)8-7-9-18-10-11-19-13(2,3)4/h15H,6-11H2,1-5H3,(H,16,17). The van der Waals surface area contributed by atoms with Crippen LogP contribution in [-0.2, 0) is 14.3 Å². The van der Waals surface area contributed by atoms with Crippen LogP contribution in [0.5, 0.6) is 0 Å². The van der Waals surface area contributed by atoms with Crippen LogP contribution < -0.4 is 5.32 Å². The Kier molecular flexibility index (Phi) is 8.22. The minimum absolute atomic E-state index is 0.143. The molecule has 0 saturated heterocycles. The van der Waals surface area contributed by atoms with Crippen LogP contribution >= 0.6 is 0 Å². The van der Waals surface area contributed by atoms with Gasteiger partial charge in [0.2, 0.25) is 0 Å². The Balaban J connectivity index is 3.70. The van der Waals surface area contributed by atoms with Crippen LogP contribution in [0.2, 0.25) is 0 Å². The van der Waals surface area contributed by atoms with E-state index in [0.29, 0.717) is 39.2 Å². The van der Waals surface area contributed by atoms with E-state index in [9.17, 15) is 9.90 Å². The fourth-order valence-electron chi connectivity index (χ4n) is 1.70. The summed E-state index contributed by atoms with van der Waals surface area (Å²) in [5.74, 6) is -0.814. The molecule has 0 aromatic carbocycles. The van der Waals surface area contributed by atoms with E-state index < -0.39 is 11.5 Å². The minimum atomic E-state index is -0.861. The van der Waals surface area contributed by atoms with Crippen LogP contribution in [-0.4, -0.2) is 48.6 Å². The summed E-state index contributed by atoms with van der Waals surface area (Å²) in [5, 5.41) is 12.2. The maximum absolute atomic E-state index is 11.2. The average Bonchev–Trinajstić information content (AvgIpc) is 2.26. The maximum Gasteiger partial charge on any atom is 0.323 e. The molecule has 0 rings (SSSR count). The molecule has 2 N–H and O–H groups in total. The Hall–Kier alpha value is -0.650. The van der Waals surface area contributed by atoms with Crippen molar-refractivity contribution in [1.82, 2.24) is 5.32 Å². The normalized spacial score (nSPS) is 15.2. The van der Waals surface area contributed by atoms with Gasteiger partial charge in [-0.1, -0.05) is 6.92 Å². The third-order valence-corrected chi connectivity index (χ3v) is 2.77. The first-order valence-electron chi connectivity index (χ1n) is 6.91. The number of hydrogen-bond donors (Lipinski definition) is 2. The van der Waals surface area contributed by atoms with Gasteiger partial charge in [-0.15, -0.1) is 0 Å². The lowest BCUT2D eigenvalue weighted by Crippen LogP contribution is -2.49. The molecule has 19 heavy (non-hydrogen) atoms. The molecule has 114 valence electrons. The van der Waals surface area contributed by atoms with Crippen LogP contribution in [0.3, 0.4) is 0 Å². The predicted molar refractivity (Wildman–Crippen MR) is 75.5 cm³/mol. The molecule has 0 heterocycles. The second-order valence-electron chi connectivity index (χ2n) is 5.84. The third-order valence-electron chi connectivity index (χ3n) is 2.77. The van der Waals surface area contributed by atoms with E-state index in [-0.39, 0.29) is 5.60 Å². The first-order valence-corrected chi connectivity index (χ1v) is 6.91. The van der Waals surface area contributed by atoms with Gasteiger partial charge in [-0.2, -0.15) is 0 Å². The van der Waals surface area contributed by atoms with Crippen LogP contribution in [0.1, 0.15) is 47.5 Å². The highest BCUT2D eigenvalue weighted by Gasteiger charge is 2.31. The van der Waals surface area contributed by atoms with Crippen LogP contribution in [0, 0.1) is 0 Å². The van der Waals surface area contributed by atoms with Gasteiger partial charge < -0.3 is 19.9 Å². The molecule has 0 amide bonds. The van der Waals surface area contributed by atoms with Gasteiger partial charge in [0.05, 0.1) is 18.8 Å². The van der Waals surface area contributed by atoms with Crippen molar-refractivity contribution in [3.63, 3.8) is 0 Å². The molecule has 0 aliphatic heterocycles. The van der Waals surface area contributed by atoms with Gasteiger partial charge in [0, 0.05) is 6.61 Å². The highest BCUT2D eigenvalue weighted by atomic mass is 16.5. The number of rotatable bonds is 10. The van der Waals surface area contributed by atoms with E-state index in [4.69, 9.17) is 9.47 Å². The fourth-order valence-corrected chi connectivity index (χ4v) is 1.70. The zero-order chi connectivity index (χ0) is 14.9. The summed E-state index contributed by atoms with van der Waals surface area (Å²) in [6.45, 7) is 11.9. The van der Waals surface area contributed by atoms with Gasteiger partial charge in [-0.05, 0) is 47.1 Å². The number of carbonyl (C=O) groups is 1. The largest absolute Gasteiger partial charge is 0.480 e. The Bertz CT molecular complexity index is 263. The molecular formula is C14H29NO4. The van der Waals surface area contributed by atoms with Crippen molar-refractivity contribution in [3.05, 3.63) is 0 Å². The van der Waals surface area contributed by atoms with E-state index in [1.54, 1.807) is 6.92 Å². The smallest absolute Gasteiger partial charge is 0.323 e. The maximum atomic E-state index is 11.2. The fraction of sp³-hybridized carbons (Fsp3) is 0.929. The monoisotopic (exact) mass is 275 g/mol. The molecule has 1 atom stereocenters. The van der Waals surface area contributed by atoms with E-state index in [0.717, 1.165) is 0 Å².